The van der Waals surface area contributed by atoms with Crippen molar-refractivity contribution in [2.45, 2.75) is 44.2 Å². The molecular formula is C23H24ClN3O4. The lowest BCUT2D eigenvalue weighted by atomic mass is 10.1. The van der Waals surface area contributed by atoms with Crippen molar-refractivity contribution >= 4 is 40.8 Å². The van der Waals surface area contributed by atoms with Crippen molar-refractivity contribution in [3.8, 4) is 5.75 Å². The van der Waals surface area contributed by atoms with Crippen molar-refractivity contribution in [3.63, 3.8) is 0 Å². The van der Waals surface area contributed by atoms with Crippen LogP contribution in [0.2, 0.25) is 5.02 Å². The summed E-state index contributed by atoms with van der Waals surface area (Å²) in [5.74, 6) is -0.171. The minimum Gasteiger partial charge on any atom is -0.497 e. The molecule has 0 spiro atoms. The highest BCUT2D eigenvalue weighted by Crippen LogP contribution is 2.35. The first kappa shape index (κ1) is 21.2. The van der Waals surface area contributed by atoms with Crippen LogP contribution in [0.3, 0.4) is 0 Å². The standard InChI is InChI=1S/C23H24ClN3O4/c1-31-19-8-4-7-18(13-19)27-22(29)20(26(23(27)30)17-5-2-3-6-17)14-21(28)25-16-11-9-15(24)10-12-16/h4,7-13,17,20H,2-3,5-6,14H2,1H3,(H,25,28)/t20-/m0/s1. The van der Waals surface area contributed by atoms with Crippen LogP contribution in [-0.4, -0.2) is 41.9 Å². The molecule has 1 N–H and O–H groups in total. The summed E-state index contributed by atoms with van der Waals surface area (Å²) in [6, 6.07) is 12.3. The van der Waals surface area contributed by atoms with Crippen LogP contribution in [0.1, 0.15) is 32.1 Å². The molecule has 0 unspecified atom stereocenters. The van der Waals surface area contributed by atoms with Gasteiger partial charge in [-0.15, -0.1) is 0 Å². The van der Waals surface area contributed by atoms with E-state index in [4.69, 9.17) is 16.3 Å². The number of nitrogens with zero attached hydrogens (tertiary/aromatic N) is 2. The minimum absolute atomic E-state index is 0.0413. The number of amides is 4. The smallest absolute Gasteiger partial charge is 0.332 e. The molecule has 1 atom stereocenters. The lowest BCUT2D eigenvalue weighted by Crippen LogP contribution is -2.43. The number of rotatable bonds is 6. The second kappa shape index (κ2) is 8.98. The van der Waals surface area contributed by atoms with Gasteiger partial charge in [0.1, 0.15) is 11.8 Å². The molecule has 2 aliphatic rings. The number of imide groups is 1. The van der Waals surface area contributed by atoms with Crippen molar-refractivity contribution in [2.24, 2.45) is 0 Å². The summed E-state index contributed by atoms with van der Waals surface area (Å²) in [7, 11) is 1.53. The van der Waals surface area contributed by atoms with Crippen molar-refractivity contribution in [1.29, 1.82) is 0 Å². The van der Waals surface area contributed by atoms with Gasteiger partial charge in [0.05, 0.1) is 19.2 Å². The van der Waals surface area contributed by atoms with E-state index >= 15 is 0 Å². The predicted octanol–water partition coefficient (Wildman–Crippen LogP) is 4.46. The molecule has 2 fully saturated rings. The number of nitrogens with one attached hydrogen (secondary N) is 1. The molecule has 1 heterocycles. The van der Waals surface area contributed by atoms with Gasteiger partial charge >= 0.3 is 6.03 Å². The third-order valence-electron chi connectivity index (χ3n) is 5.79. The number of urea groups is 1. The summed E-state index contributed by atoms with van der Waals surface area (Å²) >= 11 is 5.89. The highest BCUT2D eigenvalue weighted by molar-refractivity contribution is 6.30. The normalized spacial score (nSPS) is 19.2. The van der Waals surface area contributed by atoms with Gasteiger partial charge in [0.2, 0.25) is 5.91 Å². The molecule has 1 aliphatic heterocycles. The molecule has 7 nitrogen and oxygen atoms in total. The number of carbonyl (C=O) groups is 3. The summed E-state index contributed by atoms with van der Waals surface area (Å²) < 4.78 is 5.24. The van der Waals surface area contributed by atoms with E-state index in [-0.39, 0.29) is 24.4 Å². The SMILES string of the molecule is COc1cccc(N2C(=O)[C@H](CC(=O)Nc3ccc(Cl)cc3)N(C3CCCC3)C2=O)c1. The summed E-state index contributed by atoms with van der Waals surface area (Å²) in [6.45, 7) is 0. The van der Waals surface area contributed by atoms with E-state index in [0.29, 0.717) is 22.1 Å². The molecule has 2 aromatic rings. The number of halogens is 1. The quantitative estimate of drug-likeness (QED) is 0.671. The molecular weight excluding hydrogens is 418 g/mol. The third-order valence-corrected chi connectivity index (χ3v) is 6.04. The molecule has 1 aliphatic carbocycles. The molecule has 0 bridgehead atoms. The zero-order chi connectivity index (χ0) is 22.0. The maximum Gasteiger partial charge on any atom is 0.332 e. The zero-order valence-electron chi connectivity index (χ0n) is 17.2. The number of hydrogen-bond donors (Lipinski definition) is 1. The van der Waals surface area contributed by atoms with Gasteiger partial charge in [-0.3, -0.25) is 9.59 Å². The Labute approximate surface area is 185 Å². The molecule has 0 radical (unpaired) electrons. The predicted molar refractivity (Wildman–Crippen MR) is 118 cm³/mol. The minimum atomic E-state index is -0.839. The van der Waals surface area contributed by atoms with Gasteiger partial charge in [0.25, 0.3) is 5.91 Å². The van der Waals surface area contributed by atoms with E-state index in [2.05, 4.69) is 5.32 Å². The van der Waals surface area contributed by atoms with Crippen molar-refractivity contribution in [2.75, 3.05) is 17.3 Å². The first-order chi connectivity index (χ1) is 15.0. The van der Waals surface area contributed by atoms with E-state index in [1.165, 1.54) is 12.0 Å². The van der Waals surface area contributed by atoms with E-state index in [9.17, 15) is 14.4 Å². The maximum atomic E-state index is 13.3. The van der Waals surface area contributed by atoms with Crippen LogP contribution in [0.5, 0.6) is 5.75 Å². The Kier molecular flexibility index (Phi) is 6.13. The lowest BCUT2D eigenvalue weighted by molar-refractivity contribution is -0.124. The van der Waals surface area contributed by atoms with Gasteiger partial charge in [0.15, 0.2) is 0 Å². The summed E-state index contributed by atoms with van der Waals surface area (Å²) in [5.41, 5.74) is 1.03. The Hall–Kier alpha value is -3.06. The summed E-state index contributed by atoms with van der Waals surface area (Å²) in [6.07, 6.45) is 3.57. The first-order valence-corrected chi connectivity index (χ1v) is 10.7. The zero-order valence-corrected chi connectivity index (χ0v) is 18.0. The second-order valence-corrected chi connectivity index (χ2v) is 8.21. The van der Waals surface area contributed by atoms with Crippen LogP contribution >= 0.6 is 11.6 Å². The molecule has 8 heteroatoms. The van der Waals surface area contributed by atoms with E-state index in [1.54, 1.807) is 53.4 Å². The lowest BCUT2D eigenvalue weighted by Gasteiger charge is -2.27. The number of benzene rings is 2. The van der Waals surface area contributed by atoms with Crippen molar-refractivity contribution in [1.82, 2.24) is 4.90 Å². The molecule has 4 rings (SSSR count). The van der Waals surface area contributed by atoms with E-state index in [0.717, 1.165) is 25.7 Å². The number of methoxy groups -OCH3 is 1. The van der Waals surface area contributed by atoms with Crippen LogP contribution in [0.4, 0.5) is 16.2 Å². The first-order valence-electron chi connectivity index (χ1n) is 10.3. The molecule has 162 valence electrons. The van der Waals surface area contributed by atoms with Crippen LogP contribution in [0.25, 0.3) is 0 Å². The Bertz CT molecular complexity index is 989. The maximum absolute atomic E-state index is 13.3. The van der Waals surface area contributed by atoms with E-state index < -0.39 is 11.9 Å². The molecule has 1 saturated heterocycles. The number of carbonyl (C=O) groups excluding carboxylic acids is 3. The molecule has 4 amide bonds. The topological polar surface area (TPSA) is 79.0 Å². The average molecular weight is 442 g/mol. The van der Waals surface area contributed by atoms with Gasteiger partial charge in [-0.25, -0.2) is 9.69 Å². The average Bonchev–Trinajstić information content (AvgIpc) is 3.36. The Morgan fingerprint density at radius 3 is 2.52 bits per heavy atom. The third kappa shape index (κ3) is 4.37. The van der Waals surface area contributed by atoms with Gasteiger partial charge in [-0.1, -0.05) is 30.5 Å². The Morgan fingerprint density at radius 2 is 1.84 bits per heavy atom. The van der Waals surface area contributed by atoms with Gasteiger partial charge in [-0.2, -0.15) is 0 Å². The second-order valence-electron chi connectivity index (χ2n) is 7.78. The number of ether oxygens (including phenoxy) is 1. The van der Waals surface area contributed by atoms with Crippen LogP contribution in [0.15, 0.2) is 48.5 Å². The fourth-order valence-electron chi connectivity index (χ4n) is 4.30. The van der Waals surface area contributed by atoms with Gasteiger partial charge < -0.3 is 15.0 Å². The fourth-order valence-corrected chi connectivity index (χ4v) is 4.42. The Balaban J connectivity index is 1.58. The molecule has 2 aromatic carbocycles. The highest BCUT2D eigenvalue weighted by Gasteiger charge is 2.49. The molecule has 31 heavy (non-hydrogen) atoms. The molecule has 0 aromatic heterocycles. The highest BCUT2D eigenvalue weighted by atomic mass is 35.5. The number of hydrogen-bond acceptors (Lipinski definition) is 4. The summed E-state index contributed by atoms with van der Waals surface area (Å²) in [5, 5.41) is 3.35. The van der Waals surface area contributed by atoms with Crippen LogP contribution < -0.4 is 15.0 Å². The largest absolute Gasteiger partial charge is 0.497 e. The van der Waals surface area contributed by atoms with E-state index in [1.807, 2.05) is 0 Å². The van der Waals surface area contributed by atoms with Crippen LogP contribution in [0, 0.1) is 0 Å². The van der Waals surface area contributed by atoms with Crippen LogP contribution in [-0.2, 0) is 9.59 Å². The Morgan fingerprint density at radius 1 is 1.13 bits per heavy atom. The van der Waals surface area contributed by atoms with Gasteiger partial charge in [-0.05, 0) is 49.2 Å². The molecule has 1 saturated carbocycles. The number of anilines is 2. The van der Waals surface area contributed by atoms with Crippen molar-refractivity contribution in [3.05, 3.63) is 53.6 Å². The summed E-state index contributed by atoms with van der Waals surface area (Å²) in [4.78, 5) is 42.2. The van der Waals surface area contributed by atoms with Crippen molar-refractivity contribution < 1.29 is 19.1 Å². The monoisotopic (exact) mass is 441 g/mol. The fraction of sp³-hybridized carbons (Fsp3) is 0.348. The van der Waals surface area contributed by atoms with Gasteiger partial charge in [0, 0.05) is 22.8 Å².